The van der Waals surface area contributed by atoms with Crippen LogP contribution in [0.4, 0.5) is 0 Å². The fourth-order valence-corrected chi connectivity index (χ4v) is 3.81. The Morgan fingerprint density at radius 3 is 2.72 bits per heavy atom. The molecule has 4 heteroatoms. The Hall–Kier alpha value is -2.02. The molecule has 0 spiro atoms. The lowest BCUT2D eigenvalue weighted by Crippen LogP contribution is -2.34. The van der Waals surface area contributed by atoms with Crippen LogP contribution in [-0.2, 0) is 9.53 Å². The predicted molar refractivity (Wildman–Crippen MR) is 98.9 cm³/mol. The third-order valence-corrected chi connectivity index (χ3v) is 5.05. The van der Waals surface area contributed by atoms with Gasteiger partial charge in [0.05, 0.1) is 5.57 Å². The lowest BCUT2D eigenvalue weighted by molar-refractivity contribution is -0.119. The van der Waals surface area contributed by atoms with Crippen molar-refractivity contribution in [1.82, 2.24) is 0 Å². The molecule has 2 rings (SSSR count). The summed E-state index contributed by atoms with van der Waals surface area (Å²) in [5.41, 5.74) is 8.32. The molecular formula is C21H30N2O2. The van der Waals surface area contributed by atoms with Gasteiger partial charge in [-0.2, -0.15) is 5.26 Å². The van der Waals surface area contributed by atoms with Crippen LogP contribution in [0.5, 0.6) is 0 Å². The third kappa shape index (κ3) is 4.54. The van der Waals surface area contributed by atoms with Gasteiger partial charge >= 0.3 is 0 Å². The Bertz CT molecular complexity index is 685. The number of carbonyl (C=O) groups excluding carboxylic acids is 1. The van der Waals surface area contributed by atoms with E-state index >= 15 is 0 Å². The Labute approximate surface area is 151 Å². The minimum Gasteiger partial charge on any atom is -0.444 e. The van der Waals surface area contributed by atoms with Crippen LogP contribution in [0.3, 0.4) is 0 Å². The molecule has 1 aliphatic heterocycles. The molecule has 0 amide bonds. The van der Waals surface area contributed by atoms with Crippen molar-refractivity contribution < 1.29 is 9.53 Å². The number of carbonyl (C=O) groups is 1. The normalized spacial score (nSPS) is 23.5. The van der Waals surface area contributed by atoms with Crippen LogP contribution in [-0.4, -0.2) is 5.78 Å². The fourth-order valence-electron chi connectivity index (χ4n) is 3.81. The minimum absolute atomic E-state index is 0.105. The van der Waals surface area contributed by atoms with Gasteiger partial charge < -0.3 is 10.5 Å². The third-order valence-electron chi connectivity index (χ3n) is 5.05. The van der Waals surface area contributed by atoms with Gasteiger partial charge in [-0.05, 0) is 44.4 Å². The second-order valence-electron chi connectivity index (χ2n) is 8.52. The molecule has 1 aliphatic carbocycles. The van der Waals surface area contributed by atoms with Gasteiger partial charge in [0.25, 0.3) is 0 Å². The van der Waals surface area contributed by atoms with Crippen LogP contribution >= 0.6 is 0 Å². The molecule has 2 aliphatic rings. The molecule has 0 aromatic heterocycles. The number of ether oxygens (including phenoxy) is 1. The molecule has 1 heterocycles. The highest BCUT2D eigenvalue weighted by atomic mass is 16.5. The molecule has 4 nitrogen and oxygen atoms in total. The first-order valence-electron chi connectivity index (χ1n) is 9.12. The summed E-state index contributed by atoms with van der Waals surface area (Å²) in [7, 11) is 0. The number of hydrogen-bond acceptors (Lipinski definition) is 4. The molecule has 136 valence electrons. The van der Waals surface area contributed by atoms with E-state index in [4.69, 9.17) is 10.5 Å². The molecule has 2 N–H and O–H groups in total. The maximum atomic E-state index is 12.8. The van der Waals surface area contributed by atoms with E-state index in [0.29, 0.717) is 35.7 Å². The highest BCUT2D eigenvalue weighted by Crippen LogP contribution is 2.46. The van der Waals surface area contributed by atoms with E-state index < -0.39 is 0 Å². The number of Topliss-reactive ketones (excluding diaryl/α,β-unsaturated/α-hetero) is 1. The van der Waals surface area contributed by atoms with E-state index in [-0.39, 0.29) is 23.0 Å². The average molecular weight is 342 g/mol. The summed E-state index contributed by atoms with van der Waals surface area (Å²) in [5.74, 6) is 1.13. The quantitative estimate of drug-likeness (QED) is 0.732. The highest BCUT2D eigenvalue weighted by molar-refractivity contribution is 5.98. The van der Waals surface area contributed by atoms with Crippen LogP contribution in [0.25, 0.3) is 0 Å². The van der Waals surface area contributed by atoms with Gasteiger partial charge in [-0.1, -0.05) is 32.4 Å². The van der Waals surface area contributed by atoms with Crippen LogP contribution in [0, 0.1) is 28.6 Å². The van der Waals surface area contributed by atoms with Crippen LogP contribution < -0.4 is 5.73 Å². The summed E-state index contributed by atoms with van der Waals surface area (Å²) >= 11 is 0. The van der Waals surface area contributed by atoms with Gasteiger partial charge in [-0.25, -0.2) is 0 Å². The topological polar surface area (TPSA) is 76.1 Å². The maximum Gasteiger partial charge on any atom is 0.204 e. The number of nitrogens with zero attached hydrogens (tertiary/aromatic N) is 1. The second kappa shape index (κ2) is 7.47. The molecule has 0 unspecified atom stereocenters. The molecule has 0 radical (unpaired) electrons. The van der Waals surface area contributed by atoms with Crippen molar-refractivity contribution in [2.45, 2.75) is 66.7 Å². The highest BCUT2D eigenvalue weighted by Gasteiger charge is 2.42. The van der Waals surface area contributed by atoms with Crippen molar-refractivity contribution in [3.63, 3.8) is 0 Å². The zero-order valence-corrected chi connectivity index (χ0v) is 16.1. The van der Waals surface area contributed by atoms with Gasteiger partial charge in [0.1, 0.15) is 11.8 Å². The molecule has 2 atom stereocenters. The monoisotopic (exact) mass is 342 g/mol. The first-order valence-corrected chi connectivity index (χ1v) is 9.12. The van der Waals surface area contributed by atoms with E-state index in [9.17, 15) is 10.1 Å². The zero-order valence-electron chi connectivity index (χ0n) is 16.1. The van der Waals surface area contributed by atoms with Crippen molar-refractivity contribution in [2.75, 3.05) is 0 Å². The summed E-state index contributed by atoms with van der Waals surface area (Å²) in [4.78, 5) is 12.8. The predicted octanol–water partition coefficient (Wildman–Crippen LogP) is 4.74. The minimum atomic E-state index is -0.223. The lowest BCUT2D eigenvalue weighted by atomic mass is 9.70. The maximum absolute atomic E-state index is 12.8. The Morgan fingerprint density at radius 1 is 1.44 bits per heavy atom. The van der Waals surface area contributed by atoms with Gasteiger partial charge in [-0.15, -0.1) is 0 Å². The summed E-state index contributed by atoms with van der Waals surface area (Å²) in [5, 5.41) is 9.56. The largest absolute Gasteiger partial charge is 0.444 e. The zero-order chi connectivity index (χ0) is 18.8. The number of rotatable bonds is 5. The van der Waals surface area contributed by atoms with E-state index in [0.717, 1.165) is 19.3 Å². The number of allylic oxidation sites excluding steroid dienone is 5. The standard InChI is InChI=1S/C21H30N2O2/c1-13(2)7-6-8-14(3)9-15-16(12-22)20(23)25-18-11-21(4,5)10-17(24)19(15)18/h7,14-15H,6,8-11,23H2,1-5H3/t14-,15-/m1/s1. The van der Waals surface area contributed by atoms with Crippen molar-refractivity contribution in [3.05, 3.63) is 34.4 Å². The van der Waals surface area contributed by atoms with Crippen LogP contribution in [0.15, 0.2) is 34.4 Å². The SMILES string of the molecule is CC(C)=CCC[C@@H](C)C[C@@H]1C(C#N)=C(N)OC2=C1C(=O)CC(C)(C)C2. The van der Waals surface area contributed by atoms with Crippen LogP contribution in [0.1, 0.15) is 66.7 Å². The number of hydrogen-bond donors (Lipinski definition) is 1. The summed E-state index contributed by atoms with van der Waals surface area (Å²) in [6.45, 7) is 10.5. The molecule has 0 aromatic rings. The number of nitrogens with two attached hydrogens (primary N) is 1. The van der Waals surface area contributed by atoms with E-state index in [1.165, 1.54) is 5.57 Å². The van der Waals surface area contributed by atoms with Crippen molar-refractivity contribution in [2.24, 2.45) is 23.0 Å². The van der Waals surface area contributed by atoms with Gasteiger partial charge in [0, 0.05) is 24.3 Å². The summed E-state index contributed by atoms with van der Waals surface area (Å²) in [6.07, 6.45) is 6.22. The van der Waals surface area contributed by atoms with Gasteiger partial charge in [0.15, 0.2) is 5.78 Å². The summed E-state index contributed by atoms with van der Waals surface area (Å²) in [6, 6.07) is 2.19. The van der Waals surface area contributed by atoms with Crippen molar-refractivity contribution in [1.29, 1.82) is 5.26 Å². The molecule has 0 saturated carbocycles. The van der Waals surface area contributed by atoms with E-state index in [1.807, 2.05) is 0 Å². The van der Waals surface area contributed by atoms with Gasteiger partial charge in [0.2, 0.25) is 5.88 Å². The first-order chi connectivity index (χ1) is 11.6. The Morgan fingerprint density at radius 2 is 2.12 bits per heavy atom. The smallest absolute Gasteiger partial charge is 0.204 e. The molecular weight excluding hydrogens is 312 g/mol. The Balaban J connectivity index is 2.26. The first kappa shape index (κ1) is 19.3. The van der Waals surface area contributed by atoms with Gasteiger partial charge in [-0.3, -0.25) is 4.79 Å². The molecule has 25 heavy (non-hydrogen) atoms. The molecule has 0 aromatic carbocycles. The average Bonchev–Trinajstić information content (AvgIpc) is 2.44. The second-order valence-corrected chi connectivity index (χ2v) is 8.52. The number of nitriles is 1. The Kier molecular flexibility index (Phi) is 5.77. The fraction of sp³-hybridized carbons (Fsp3) is 0.619. The number of ketones is 1. The van der Waals surface area contributed by atoms with Crippen LogP contribution in [0.2, 0.25) is 0 Å². The molecule has 0 fully saturated rings. The van der Waals surface area contributed by atoms with E-state index in [1.54, 1.807) is 0 Å². The molecule has 0 saturated heterocycles. The lowest BCUT2D eigenvalue weighted by Gasteiger charge is -2.37. The van der Waals surface area contributed by atoms with Crippen molar-refractivity contribution >= 4 is 5.78 Å². The van der Waals surface area contributed by atoms with E-state index in [2.05, 4.69) is 46.8 Å². The summed E-state index contributed by atoms with van der Waals surface area (Å²) < 4.78 is 5.71. The molecule has 0 bridgehead atoms. The van der Waals surface area contributed by atoms with Crippen molar-refractivity contribution in [3.8, 4) is 6.07 Å².